The number of rotatable bonds is 4. The number of carbonyl (C=O) groups is 1. The molecular formula is C26H22O5S. The number of ether oxygens (including phenoxy) is 1. The van der Waals surface area contributed by atoms with Crippen LogP contribution >= 0.6 is 0 Å². The van der Waals surface area contributed by atoms with Gasteiger partial charge in [0.25, 0.3) is 0 Å². The first-order valence-electron chi connectivity index (χ1n) is 10.8. The molecular weight excluding hydrogens is 424 g/mol. The van der Waals surface area contributed by atoms with Crippen LogP contribution in [0.25, 0.3) is 0 Å². The molecule has 6 heteroatoms. The van der Waals surface area contributed by atoms with Crippen molar-refractivity contribution in [2.24, 2.45) is 5.92 Å². The Hall–Kier alpha value is -3.12. The molecule has 0 amide bonds. The number of aryl methyl sites for hydroxylation is 1. The maximum Gasteiger partial charge on any atom is 0.307 e. The highest BCUT2D eigenvalue weighted by Crippen LogP contribution is 2.54. The third-order valence-electron chi connectivity index (χ3n) is 7.12. The summed E-state index contributed by atoms with van der Waals surface area (Å²) in [5.41, 5.74) is 4.46. The van der Waals surface area contributed by atoms with Crippen molar-refractivity contribution in [2.75, 3.05) is 0 Å². The molecule has 1 fully saturated rings. The first-order chi connectivity index (χ1) is 15.4. The molecule has 0 saturated heterocycles. The van der Waals surface area contributed by atoms with E-state index in [1.54, 1.807) is 12.1 Å². The Labute approximate surface area is 186 Å². The molecule has 0 bridgehead atoms. The number of benzene rings is 3. The lowest BCUT2D eigenvalue weighted by Crippen LogP contribution is -2.18. The van der Waals surface area contributed by atoms with E-state index in [0.29, 0.717) is 28.4 Å². The predicted octanol–water partition coefficient (Wildman–Crippen LogP) is 4.99. The van der Waals surface area contributed by atoms with Gasteiger partial charge in [-0.05, 0) is 71.7 Å². The fourth-order valence-electron chi connectivity index (χ4n) is 5.52. The molecule has 3 aromatic carbocycles. The van der Waals surface area contributed by atoms with Crippen LogP contribution in [0.15, 0.2) is 70.5 Å². The summed E-state index contributed by atoms with van der Waals surface area (Å²) in [4.78, 5) is 12.0. The highest BCUT2D eigenvalue weighted by atomic mass is 32.2. The van der Waals surface area contributed by atoms with E-state index in [1.165, 1.54) is 0 Å². The molecule has 4 unspecified atom stereocenters. The molecule has 5 nitrogen and oxygen atoms in total. The first kappa shape index (κ1) is 19.6. The van der Waals surface area contributed by atoms with Crippen LogP contribution < -0.4 is 4.74 Å². The van der Waals surface area contributed by atoms with Crippen LogP contribution in [0.2, 0.25) is 0 Å². The van der Waals surface area contributed by atoms with Crippen LogP contribution in [0.1, 0.15) is 58.6 Å². The monoisotopic (exact) mass is 446 g/mol. The van der Waals surface area contributed by atoms with Crippen LogP contribution in [0.4, 0.5) is 0 Å². The van der Waals surface area contributed by atoms with Crippen molar-refractivity contribution in [2.45, 2.75) is 47.5 Å². The molecule has 3 aliphatic rings. The maximum atomic E-state index is 13.4. The van der Waals surface area contributed by atoms with Gasteiger partial charge in [0.2, 0.25) is 9.84 Å². The van der Waals surface area contributed by atoms with Gasteiger partial charge in [0, 0.05) is 5.92 Å². The molecule has 32 heavy (non-hydrogen) atoms. The Balaban J connectivity index is 1.34. The van der Waals surface area contributed by atoms with E-state index in [9.17, 15) is 13.2 Å². The van der Waals surface area contributed by atoms with Crippen LogP contribution in [0.5, 0.6) is 5.75 Å². The van der Waals surface area contributed by atoms with E-state index in [0.717, 1.165) is 27.8 Å². The van der Waals surface area contributed by atoms with E-state index in [-0.39, 0.29) is 23.9 Å². The molecule has 1 heterocycles. The Bertz CT molecular complexity index is 1370. The van der Waals surface area contributed by atoms with Gasteiger partial charge in [0.05, 0.1) is 15.7 Å². The normalized spacial score (nSPS) is 26.2. The molecule has 1 aliphatic heterocycles. The van der Waals surface area contributed by atoms with Crippen LogP contribution in [0, 0.1) is 12.8 Å². The molecule has 2 aliphatic carbocycles. The topological polar surface area (TPSA) is 80.7 Å². The van der Waals surface area contributed by atoms with Crippen molar-refractivity contribution >= 4 is 15.8 Å². The summed E-state index contributed by atoms with van der Waals surface area (Å²) >= 11 is 0. The standard InChI is InChI=1S/C26H22O5S/c1-14-4-2-5-17-20-13-22(18-6-3-7-23(24(18)20)32(29,30)25(14)17)31-16-10-8-15(9-11-16)19-12-21(19)26(27)28/h2-11,19-22H,12-13H2,1H3,(H,27,28). The minimum Gasteiger partial charge on any atom is -0.486 e. The number of fused-ring (bicyclic) bond motifs is 2. The summed E-state index contributed by atoms with van der Waals surface area (Å²) in [6.45, 7) is 1.85. The molecule has 0 aromatic heterocycles. The minimum atomic E-state index is -3.57. The Morgan fingerprint density at radius 3 is 2.41 bits per heavy atom. The van der Waals surface area contributed by atoms with Gasteiger partial charge in [-0.2, -0.15) is 0 Å². The molecule has 1 saturated carbocycles. The average Bonchev–Trinajstić information content (AvgIpc) is 3.50. The van der Waals surface area contributed by atoms with Crippen molar-refractivity contribution in [1.82, 2.24) is 0 Å². The van der Waals surface area contributed by atoms with E-state index < -0.39 is 15.8 Å². The second-order valence-electron chi connectivity index (χ2n) is 9.01. The van der Waals surface area contributed by atoms with Gasteiger partial charge < -0.3 is 9.84 Å². The fraction of sp³-hybridized carbons (Fsp3) is 0.269. The van der Waals surface area contributed by atoms with Crippen LogP contribution in [0.3, 0.4) is 0 Å². The fourth-order valence-corrected chi connectivity index (χ4v) is 7.56. The van der Waals surface area contributed by atoms with Gasteiger partial charge in [0.15, 0.2) is 0 Å². The summed E-state index contributed by atoms with van der Waals surface area (Å²) in [6.07, 6.45) is 1.13. The summed E-state index contributed by atoms with van der Waals surface area (Å²) < 4.78 is 33.2. The van der Waals surface area contributed by atoms with Gasteiger partial charge in [-0.25, -0.2) is 8.42 Å². The largest absolute Gasteiger partial charge is 0.486 e. The van der Waals surface area contributed by atoms with Crippen molar-refractivity contribution < 1.29 is 23.1 Å². The SMILES string of the molecule is Cc1cccc2c1S(=O)(=O)c1cccc3c1C2CC3Oc1ccc(C2CC2C(=O)O)cc1. The molecule has 6 rings (SSSR count). The molecule has 3 aromatic rings. The number of hydrogen-bond donors (Lipinski definition) is 1. The zero-order valence-electron chi connectivity index (χ0n) is 17.5. The highest BCUT2D eigenvalue weighted by Gasteiger charge is 2.45. The first-order valence-corrected chi connectivity index (χ1v) is 12.3. The second kappa shape index (κ2) is 6.69. The summed E-state index contributed by atoms with van der Waals surface area (Å²) in [7, 11) is -3.57. The van der Waals surface area contributed by atoms with Crippen molar-refractivity contribution in [1.29, 1.82) is 0 Å². The highest BCUT2D eigenvalue weighted by molar-refractivity contribution is 7.91. The van der Waals surface area contributed by atoms with Gasteiger partial charge >= 0.3 is 5.97 Å². The Kier molecular flexibility index (Phi) is 4.09. The smallest absolute Gasteiger partial charge is 0.307 e. The summed E-state index contributed by atoms with van der Waals surface area (Å²) in [5.74, 6) is -0.244. The number of aliphatic carboxylic acids is 1. The van der Waals surface area contributed by atoms with Gasteiger partial charge in [-0.1, -0.05) is 42.5 Å². The third-order valence-corrected chi connectivity index (χ3v) is 9.15. The van der Waals surface area contributed by atoms with Crippen molar-refractivity contribution in [3.8, 4) is 5.75 Å². The van der Waals surface area contributed by atoms with Crippen molar-refractivity contribution in [3.05, 3.63) is 88.5 Å². The lowest BCUT2D eigenvalue weighted by molar-refractivity contribution is -0.138. The second-order valence-corrected chi connectivity index (χ2v) is 10.9. The van der Waals surface area contributed by atoms with Crippen LogP contribution in [-0.4, -0.2) is 19.5 Å². The molecule has 1 N–H and O–H groups in total. The van der Waals surface area contributed by atoms with Gasteiger partial charge in [-0.15, -0.1) is 0 Å². The molecule has 0 spiro atoms. The van der Waals surface area contributed by atoms with Gasteiger partial charge in [-0.3, -0.25) is 4.79 Å². The molecule has 0 radical (unpaired) electrons. The minimum absolute atomic E-state index is 0.00770. The zero-order chi connectivity index (χ0) is 22.2. The Morgan fingerprint density at radius 1 is 0.969 bits per heavy atom. The quantitative estimate of drug-likeness (QED) is 0.611. The lowest BCUT2D eigenvalue weighted by Gasteiger charge is -2.26. The maximum absolute atomic E-state index is 13.4. The van der Waals surface area contributed by atoms with E-state index in [2.05, 4.69) is 0 Å². The number of sulfone groups is 1. The lowest BCUT2D eigenvalue weighted by atomic mass is 9.91. The summed E-state index contributed by atoms with van der Waals surface area (Å²) in [6, 6.07) is 18.8. The van der Waals surface area contributed by atoms with E-state index in [4.69, 9.17) is 9.84 Å². The van der Waals surface area contributed by atoms with Crippen LogP contribution in [-0.2, 0) is 14.6 Å². The molecule has 162 valence electrons. The zero-order valence-corrected chi connectivity index (χ0v) is 18.3. The number of hydrogen-bond acceptors (Lipinski definition) is 4. The summed E-state index contributed by atoms with van der Waals surface area (Å²) in [5, 5.41) is 9.15. The van der Waals surface area contributed by atoms with Gasteiger partial charge in [0.1, 0.15) is 11.9 Å². The Morgan fingerprint density at radius 2 is 1.69 bits per heavy atom. The third kappa shape index (κ3) is 2.75. The predicted molar refractivity (Wildman–Crippen MR) is 118 cm³/mol. The number of carboxylic acids is 1. The van der Waals surface area contributed by atoms with E-state index >= 15 is 0 Å². The van der Waals surface area contributed by atoms with E-state index in [1.807, 2.05) is 55.5 Å². The van der Waals surface area contributed by atoms with Crippen molar-refractivity contribution in [3.63, 3.8) is 0 Å². The molecule has 4 atom stereocenters. The number of carboxylic acid groups (broad SMARTS) is 1. The average molecular weight is 447 g/mol.